The largest absolute Gasteiger partial charge is 0.478 e. The lowest BCUT2D eigenvalue weighted by molar-refractivity contribution is 0.304. The maximum Gasteiger partial charge on any atom is 0.218 e. The summed E-state index contributed by atoms with van der Waals surface area (Å²) in [5.74, 6) is 1.95. The maximum absolute atomic E-state index is 5.95. The predicted octanol–water partition coefficient (Wildman–Crippen LogP) is 2.72. The fourth-order valence-electron chi connectivity index (χ4n) is 1.20. The Balaban J connectivity index is 2.84. The summed E-state index contributed by atoms with van der Waals surface area (Å²) >= 11 is 5.95. The molecule has 0 radical (unpaired) electrons. The van der Waals surface area contributed by atoms with Gasteiger partial charge in [-0.25, -0.2) is 9.97 Å². The highest BCUT2D eigenvalue weighted by atomic mass is 35.5. The number of nitrogens with zero attached hydrogens (tertiary/aromatic N) is 3. The molecule has 0 aliphatic heterocycles. The van der Waals surface area contributed by atoms with E-state index in [1.165, 1.54) is 6.33 Å². The molecule has 4 nitrogen and oxygen atoms in total. The fraction of sp³-hybridized carbons (Fsp3) is 0.667. The Kier molecular flexibility index (Phi) is 5.00. The van der Waals surface area contributed by atoms with Crippen molar-refractivity contribution < 1.29 is 4.74 Å². The summed E-state index contributed by atoms with van der Waals surface area (Å²) in [6, 6.07) is 1.84. The lowest BCUT2D eigenvalue weighted by Gasteiger charge is -2.34. The van der Waals surface area contributed by atoms with Crippen LogP contribution in [-0.4, -0.2) is 35.0 Å². The van der Waals surface area contributed by atoms with Crippen molar-refractivity contribution in [1.82, 2.24) is 9.97 Å². The first kappa shape index (κ1) is 14.0. The summed E-state index contributed by atoms with van der Waals surface area (Å²) in [5, 5.41) is 0. The molecule has 96 valence electrons. The third kappa shape index (κ3) is 3.73. The molecule has 0 saturated heterocycles. The Bertz CT molecular complexity index is 357. The van der Waals surface area contributed by atoms with Crippen LogP contribution in [0.25, 0.3) is 0 Å². The number of aromatic nitrogens is 2. The third-order valence-corrected chi connectivity index (χ3v) is 3.31. The van der Waals surface area contributed by atoms with Crippen molar-refractivity contribution >= 4 is 17.4 Å². The molecule has 1 rings (SSSR count). The van der Waals surface area contributed by atoms with E-state index in [2.05, 4.69) is 30.7 Å². The summed E-state index contributed by atoms with van der Waals surface area (Å²) in [6.45, 7) is 6.85. The van der Waals surface area contributed by atoms with Gasteiger partial charge in [0.2, 0.25) is 5.88 Å². The summed E-state index contributed by atoms with van der Waals surface area (Å²) < 4.78 is 5.48. The van der Waals surface area contributed by atoms with Crippen LogP contribution in [0.5, 0.6) is 5.88 Å². The number of hydrogen-bond acceptors (Lipinski definition) is 4. The number of alkyl halides is 1. The van der Waals surface area contributed by atoms with Crippen LogP contribution >= 0.6 is 11.6 Å². The van der Waals surface area contributed by atoms with Gasteiger partial charge in [-0.15, -0.1) is 11.6 Å². The fourth-order valence-corrected chi connectivity index (χ4v) is 1.38. The molecule has 1 aromatic heterocycles. The van der Waals surface area contributed by atoms with Gasteiger partial charge in [-0.2, -0.15) is 0 Å². The first-order valence-corrected chi connectivity index (χ1v) is 6.29. The van der Waals surface area contributed by atoms with Crippen molar-refractivity contribution in [2.24, 2.45) is 0 Å². The maximum atomic E-state index is 5.95. The van der Waals surface area contributed by atoms with Gasteiger partial charge < -0.3 is 9.64 Å². The summed E-state index contributed by atoms with van der Waals surface area (Å²) in [7, 11) is 1.97. The average Bonchev–Trinajstić information content (AvgIpc) is 2.35. The van der Waals surface area contributed by atoms with Crippen LogP contribution in [0.2, 0.25) is 0 Å². The molecule has 0 unspecified atom stereocenters. The minimum atomic E-state index is -0.155. The van der Waals surface area contributed by atoms with Gasteiger partial charge in [-0.3, -0.25) is 0 Å². The van der Waals surface area contributed by atoms with E-state index in [9.17, 15) is 0 Å². The van der Waals surface area contributed by atoms with E-state index in [0.717, 1.165) is 12.2 Å². The van der Waals surface area contributed by atoms with Gasteiger partial charge in [0.1, 0.15) is 12.1 Å². The Labute approximate surface area is 108 Å². The summed E-state index contributed by atoms with van der Waals surface area (Å²) in [5.41, 5.74) is -0.155. The standard InChI is InChI=1S/C12H20ClN3O/c1-5-6-17-11-7-10(14-9-15-11)16(4)12(2,3)8-13/h7,9H,5-6,8H2,1-4H3. The Hall–Kier alpha value is -1.03. The van der Waals surface area contributed by atoms with Crippen LogP contribution in [0.3, 0.4) is 0 Å². The molecule has 0 bridgehead atoms. The lowest BCUT2D eigenvalue weighted by Crippen LogP contribution is -2.43. The molecule has 0 N–H and O–H groups in total. The second-order valence-corrected chi connectivity index (χ2v) is 4.84. The highest BCUT2D eigenvalue weighted by Crippen LogP contribution is 2.23. The van der Waals surface area contributed by atoms with Gasteiger partial charge in [0, 0.05) is 24.5 Å². The number of hydrogen-bond donors (Lipinski definition) is 0. The number of rotatable bonds is 6. The van der Waals surface area contributed by atoms with E-state index < -0.39 is 0 Å². The Morgan fingerprint density at radius 1 is 1.41 bits per heavy atom. The molecule has 0 amide bonds. The molecule has 0 aliphatic carbocycles. The Morgan fingerprint density at radius 2 is 2.12 bits per heavy atom. The van der Waals surface area contributed by atoms with Crippen molar-refractivity contribution in [1.29, 1.82) is 0 Å². The second-order valence-electron chi connectivity index (χ2n) is 4.57. The zero-order chi connectivity index (χ0) is 12.9. The zero-order valence-corrected chi connectivity index (χ0v) is 11.7. The molecule has 1 heterocycles. The second kappa shape index (κ2) is 6.05. The van der Waals surface area contributed by atoms with Gasteiger partial charge in [0.05, 0.1) is 6.61 Å². The van der Waals surface area contributed by atoms with E-state index in [0.29, 0.717) is 18.4 Å². The van der Waals surface area contributed by atoms with E-state index in [4.69, 9.17) is 16.3 Å². The van der Waals surface area contributed by atoms with E-state index in [1.807, 2.05) is 18.0 Å². The average molecular weight is 258 g/mol. The minimum absolute atomic E-state index is 0.155. The van der Waals surface area contributed by atoms with E-state index in [-0.39, 0.29) is 5.54 Å². The molecule has 5 heteroatoms. The Morgan fingerprint density at radius 3 is 2.71 bits per heavy atom. The van der Waals surface area contributed by atoms with E-state index >= 15 is 0 Å². The SMILES string of the molecule is CCCOc1cc(N(C)C(C)(C)CCl)ncn1. The van der Waals surface area contributed by atoms with Crippen LogP contribution in [0, 0.1) is 0 Å². The molecule has 0 spiro atoms. The predicted molar refractivity (Wildman–Crippen MR) is 71.0 cm³/mol. The molecule has 0 fully saturated rings. The van der Waals surface area contributed by atoms with Crippen molar-refractivity contribution in [2.45, 2.75) is 32.7 Å². The van der Waals surface area contributed by atoms with Crippen molar-refractivity contribution in [2.75, 3.05) is 24.4 Å². The van der Waals surface area contributed by atoms with Crippen LogP contribution in [-0.2, 0) is 0 Å². The highest BCUT2D eigenvalue weighted by Gasteiger charge is 2.23. The minimum Gasteiger partial charge on any atom is -0.478 e. The molecule has 1 aromatic rings. The van der Waals surface area contributed by atoms with Gasteiger partial charge in [0.25, 0.3) is 0 Å². The molecular formula is C12H20ClN3O. The molecule has 0 saturated carbocycles. The molecule has 0 atom stereocenters. The summed E-state index contributed by atoms with van der Waals surface area (Å²) in [4.78, 5) is 10.3. The molecule has 0 aromatic carbocycles. The normalized spacial score (nSPS) is 11.4. The van der Waals surface area contributed by atoms with Crippen molar-refractivity contribution in [3.63, 3.8) is 0 Å². The van der Waals surface area contributed by atoms with Gasteiger partial charge >= 0.3 is 0 Å². The van der Waals surface area contributed by atoms with Crippen LogP contribution < -0.4 is 9.64 Å². The van der Waals surface area contributed by atoms with Crippen molar-refractivity contribution in [3.8, 4) is 5.88 Å². The lowest BCUT2D eigenvalue weighted by atomic mass is 10.1. The van der Waals surface area contributed by atoms with Crippen LogP contribution in [0.15, 0.2) is 12.4 Å². The highest BCUT2D eigenvalue weighted by molar-refractivity contribution is 6.18. The van der Waals surface area contributed by atoms with Crippen LogP contribution in [0.4, 0.5) is 5.82 Å². The number of ether oxygens (including phenoxy) is 1. The smallest absolute Gasteiger partial charge is 0.218 e. The third-order valence-electron chi connectivity index (χ3n) is 2.66. The van der Waals surface area contributed by atoms with Gasteiger partial charge in [-0.1, -0.05) is 6.92 Å². The van der Waals surface area contributed by atoms with E-state index in [1.54, 1.807) is 0 Å². The quantitative estimate of drug-likeness (QED) is 0.735. The van der Waals surface area contributed by atoms with Crippen LogP contribution in [0.1, 0.15) is 27.2 Å². The first-order valence-electron chi connectivity index (χ1n) is 5.76. The molecule has 17 heavy (non-hydrogen) atoms. The summed E-state index contributed by atoms with van der Waals surface area (Å²) in [6.07, 6.45) is 2.48. The molecule has 0 aliphatic rings. The molecular weight excluding hydrogens is 238 g/mol. The van der Waals surface area contributed by atoms with Crippen molar-refractivity contribution in [3.05, 3.63) is 12.4 Å². The topological polar surface area (TPSA) is 38.2 Å². The zero-order valence-electron chi connectivity index (χ0n) is 10.9. The first-order chi connectivity index (χ1) is 8.01. The number of halogens is 1. The number of anilines is 1. The van der Waals surface area contributed by atoms with Gasteiger partial charge in [-0.05, 0) is 20.3 Å². The van der Waals surface area contributed by atoms with Gasteiger partial charge in [0.15, 0.2) is 0 Å². The monoisotopic (exact) mass is 257 g/mol.